The Hall–Kier alpha value is -1.69. The van der Waals surface area contributed by atoms with Crippen molar-refractivity contribution < 1.29 is 14.1 Å². The van der Waals surface area contributed by atoms with Crippen molar-refractivity contribution in [3.63, 3.8) is 0 Å². The Balaban J connectivity index is 2.59. The number of rotatable bonds is 7. The van der Waals surface area contributed by atoms with Crippen LogP contribution in [0.15, 0.2) is 18.2 Å². The molecule has 1 aromatic rings. The van der Waals surface area contributed by atoms with Crippen molar-refractivity contribution in [2.75, 3.05) is 12.4 Å². The molecule has 104 valence electrons. The van der Waals surface area contributed by atoms with Crippen molar-refractivity contribution in [2.45, 2.75) is 19.3 Å². The highest BCUT2D eigenvalue weighted by Crippen LogP contribution is 2.16. The number of amides is 1. The summed E-state index contributed by atoms with van der Waals surface area (Å²) in [6.07, 6.45) is 2.51. The van der Waals surface area contributed by atoms with Crippen LogP contribution in [0, 0.1) is 15.9 Å². The van der Waals surface area contributed by atoms with Gasteiger partial charge in [-0.15, -0.1) is 11.6 Å². The second kappa shape index (κ2) is 7.68. The molecule has 0 aromatic heterocycles. The van der Waals surface area contributed by atoms with E-state index in [0.717, 1.165) is 37.5 Å². The molecule has 19 heavy (non-hydrogen) atoms. The van der Waals surface area contributed by atoms with E-state index in [1.165, 1.54) is 0 Å². The minimum atomic E-state index is -0.804. The van der Waals surface area contributed by atoms with E-state index in [2.05, 4.69) is 5.32 Å². The van der Waals surface area contributed by atoms with E-state index in [9.17, 15) is 19.3 Å². The van der Waals surface area contributed by atoms with Gasteiger partial charge in [0.1, 0.15) is 5.82 Å². The van der Waals surface area contributed by atoms with Gasteiger partial charge in [0, 0.05) is 24.1 Å². The molecule has 0 saturated carbocycles. The number of nitrogens with zero attached hydrogens (tertiary/aromatic N) is 1. The quantitative estimate of drug-likeness (QED) is 0.363. The van der Waals surface area contributed by atoms with E-state index < -0.39 is 22.3 Å². The third kappa shape index (κ3) is 5.21. The summed E-state index contributed by atoms with van der Waals surface area (Å²) in [5.74, 6) is -0.751. The highest BCUT2D eigenvalue weighted by Gasteiger charge is 2.14. The van der Waals surface area contributed by atoms with Crippen LogP contribution in [0.25, 0.3) is 0 Å². The van der Waals surface area contributed by atoms with Crippen molar-refractivity contribution >= 4 is 23.2 Å². The van der Waals surface area contributed by atoms with Gasteiger partial charge < -0.3 is 5.32 Å². The molecule has 1 rings (SSSR count). The number of carbonyl (C=O) groups is 1. The van der Waals surface area contributed by atoms with Gasteiger partial charge in [0.25, 0.3) is 11.6 Å². The molecule has 1 aromatic carbocycles. The number of carbonyl (C=O) groups excluding carboxylic acids is 1. The van der Waals surface area contributed by atoms with Crippen LogP contribution in [0.1, 0.15) is 29.6 Å². The molecule has 0 saturated heterocycles. The highest BCUT2D eigenvalue weighted by atomic mass is 35.5. The van der Waals surface area contributed by atoms with Crippen LogP contribution in [-0.2, 0) is 0 Å². The maximum atomic E-state index is 13.1. The number of hydrogen-bond donors (Lipinski definition) is 1. The largest absolute Gasteiger partial charge is 0.352 e. The van der Waals surface area contributed by atoms with Crippen molar-refractivity contribution in [1.82, 2.24) is 5.32 Å². The van der Waals surface area contributed by atoms with Gasteiger partial charge in [0.2, 0.25) is 0 Å². The van der Waals surface area contributed by atoms with Gasteiger partial charge in [-0.05, 0) is 18.9 Å². The number of hydrogen-bond acceptors (Lipinski definition) is 3. The summed E-state index contributed by atoms with van der Waals surface area (Å²) >= 11 is 5.51. The first kappa shape index (κ1) is 15.4. The monoisotopic (exact) mass is 288 g/mol. The van der Waals surface area contributed by atoms with Crippen LogP contribution in [0.3, 0.4) is 0 Å². The van der Waals surface area contributed by atoms with E-state index in [-0.39, 0.29) is 5.56 Å². The lowest BCUT2D eigenvalue weighted by molar-refractivity contribution is -0.385. The lowest BCUT2D eigenvalue weighted by Gasteiger charge is -2.05. The van der Waals surface area contributed by atoms with Crippen molar-refractivity contribution in [2.24, 2.45) is 0 Å². The Bertz CT molecular complexity index is 468. The van der Waals surface area contributed by atoms with E-state index in [4.69, 9.17) is 11.6 Å². The van der Waals surface area contributed by atoms with Crippen LogP contribution in [0.4, 0.5) is 10.1 Å². The van der Waals surface area contributed by atoms with Gasteiger partial charge >= 0.3 is 0 Å². The summed E-state index contributed by atoms with van der Waals surface area (Å²) in [6.45, 7) is 0.431. The van der Waals surface area contributed by atoms with Gasteiger partial charge in [0.15, 0.2) is 0 Å². The molecule has 0 aliphatic carbocycles. The maximum Gasteiger partial charge on any atom is 0.273 e. The standard InChI is InChI=1S/C12H14ClFN2O3/c13-4-2-1-3-5-15-12(17)9-6-10(14)8-11(7-9)16(18)19/h6-8H,1-5H2,(H,15,17). The predicted molar refractivity (Wildman–Crippen MR) is 70.0 cm³/mol. The van der Waals surface area contributed by atoms with Crippen LogP contribution in [0.5, 0.6) is 0 Å². The Labute approximate surface area is 114 Å². The third-order valence-electron chi connectivity index (χ3n) is 2.45. The first-order valence-electron chi connectivity index (χ1n) is 5.83. The zero-order valence-corrected chi connectivity index (χ0v) is 11.0. The number of benzene rings is 1. The van der Waals surface area contributed by atoms with E-state index in [1.807, 2.05) is 0 Å². The third-order valence-corrected chi connectivity index (χ3v) is 2.72. The fourth-order valence-electron chi connectivity index (χ4n) is 1.51. The topological polar surface area (TPSA) is 72.2 Å². The van der Waals surface area contributed by atoms with Crippen LogP contribution in [-0.4, -0.2) is 23.3 Å². The van der Waals surface area contributed by atoms with Crippen LogP contribution in [0.2, 0.25) is 0 Å². The number of alkyl halides is 1. The molecule has 0 aliphatic rings. The molecule has 0 bridgehead atoms. The maximum absolute atomic E-state index is 13.1. The molecule has 0 fully saturated rings. The zero-order chi connectivity index (χ0) is 14.3. The fourth-order valence-corrected chi connectivity index (χ4v) is 1.70. The molecule has 0 atom stereocenters. The average Bonchev–Trinajstić information content (AvgIpc) is 2.37. The summed E-state index contributed by atoms with van der Waals surface area (Å²) in [6, 6.07) is 2.80. The Morgan fingerprint density at radius 2 is 2.05 bits per heavy atom. The number of unbranched alkanes of at least 4 members (excludes halogenated alkanes) is 2. The summed E-state index contributed by atoms with van der Waals surface area (Å²) in [5, 5.41) is 13.1. The molecule has 0 unspecified atom stereocenters. The molecular weight excluding hydrogens is 275 g/mol. The molecule has 7 heteroatoms. The van der Waals surface area contributed by atoms with E-state index in [1.54, 1.807) is 0 Å². The van der Waals surface area contributed by atoms with Crippen LogP contribution < -0.4 is 5.32 Å². The Morgan fingerprint density at radius 1 is 1.32 bits per heavy atom. The number of nitrogens with one attached hydrogen (secondary N) is 1. The Kier molecular flexibility index (Phi) is 6.21. The Morgan fingerprint density at radius 3 is 2.68 bits per heavy atom. The van der Waals surface area contributed by atoms with Gasteiger partial charge in [-0.2, -0.15) is 0 Å². The molecular formula is C12H14ClFN2O3. The summed E-state index contributed by atoms with van der Waals surface area (Å²) in [4.78, 5) is 21.5. The molecule has 5 nitrogen and oxygen atoms in total. The number of nitro benzene ring substituents is 1. The van der Waals surface area contributed by atoms with E-state index >= 15 is 0 Å². The summed E-state index contributed by atoms with van der Waals surface area (Å²) in [7, 11) is 0. The first-order chi connectivity index (χ1) is 9.04. The average molecular weight is 289 g/mol. The molecule has 0 aliphatic heterocycles. The zero-order valence-electron chi connectivity index (χ0n) is 10.2. The van der Waals surface area contributed by atoms with Gasteiger partial charge in [0.05, 0.1) is 11.0 Å². The van der Waals surface area contributed by atoms with Crippen LogP contribution >= 0.6 is 11.6 Å². The number of nitro groups is 1. The molecule has 1 amide bonds. The van der Waals surface area contributed by atoms with E-state index in [0.29, 0.717) is 12.4 Å². The second-order valence-electron chi connectivity index (χ2n) is 3.96. The molecule has 0 radical (unpaired) electrons. The normalized spacial score (nSPS) is 10.2. The molecule has 1 N–H and O–H groups in total. The fraction of sp³-hybridized carbons (Fsp3) is 0.417. The summed E-state index contributed by atoms with van der Waals surface area (Å²) < 4.78 is 13.1. The lowest BCUT2D eigenvalue weighted by atomic mass is 10.1. The van der Waals surface area contributed by atoms with Crippen molar-refractivity contribution in [3.8, 4) is 0 Å². The number of halogens is 2. The van der Waals surface area contributed by atoms with Crippen molar-refractivity contribution in [1.29, 1.82) is 0 Å². The smallest absolute Gasteiger partial charge is 0.273 e. The predicted octanol–water partition coefficient (Wildman–Crippen LogP) is 2.87. The lowest BCUT2D eigenvalue weighted by Crippen LogP contribution is -2.24. The minimum absolute atomic E-state index is 0.0518. The molecule has 0 spiro atoms. The van der Waals surface area contributed by atoms with Gasteiger partial charge in [-0.25, -0.2) is 4.39 Å². The van der Waals surface area contributed by atoms with Gasteiger partial charge in [-0.3, -0.25) is 14.9 Å². The molecule has 0 heterocycles. The first-order valence-corrected chi connectivity index (χ1v) is 6.37. The minimum Gasteiger partial charge on any atom is -0.352 e. The van der Waals surface area contributed by atoms with Gasteiger partial charge in [-0.1, -0.05) is 6.42 Å². The highest BCUT2D eigenvalue weighted by molar-refractivity contribution is 6.17. The summed E-state index contributed by atoms with van der Waals surface area (Å²) in [5.41, 5.74) is -0.490. The van der Waals surface area contributed by atoms with Crippen molar-refractivity contribution in [3.05, 3.63) is 39.7 Å². The number of non-ortho nitro benzene ring substituents is 1. The second-order valence-corrected chi connectivity index (χ2v) is 4.34. The SMILES string of the molecule is O=C(NCCCCCCl)c1cc(F)cc([N+](=O)[O-])c1.